The van der Waals surface area contributed by atoms with Gasteiger partial charge in [0, 0.05) is 13.5 Å². The lowest BCUT2D eigenvalue weighted by Crippen LogP contribution is -2.19. The van der Waals surface area contributed by atoms with Crippen LogP contribution in [0.4, 0.5) is 5.82 Å². The van der Waals surface area contributed by atoms with Crippen LogP contribution in [0.1, 0.15) is 23.6 Å². The van der Waals surface area contributed by atoms with Crippen LogP contribution in [0.2, 0.25) is 0 Å². The summed E-state index contributed by atoms with van der Waals surface area (Å²) in [7, 11) is -2.32. The molecule has 0 aliphatic carbocycles. The number of benzene rings is 3. The number of rotatable bonds is 8. The summed E-state index contributed by atoms with van der Waals surface area (Å²) in [6.07, 6.45) is 0. The number of hydrogen-bond acceptors (Lipinski definition) is 5. The molecule has 0 spiro atoms. The van der Waals surface area contributed by atoms with E-state index in [1.54, 1.807) is 28.9 Å². The minimum absolute atomic E-state index is 0.0962. The molecular formula is C25H26N4O4S. The number of aryl methyl sites for hydroxylation is 1. The number of amides is 1. The number of fused-ring (bicyclic) bond motifs is 1. The number of nitrogens with zero attached hydrogens (tertiary/aromatic N) is 2. The van der Waals surface area contributed by atoms with Crippen molar-refractivity contribution in [3.05, 3.63) is 83.4 Å². The van der Waals surface area contributed by atoms with E-state index in [2.05, 4.69) is 15.1 Å². The molecule has 2 N–H and O–H groups in total. The smallest absolute Gasteiger partial charge is 0.263 e. The van der Waals surface area contributed by atoms with Crippen molar-refractivity contribution < 1.29 is 17.9 Å². The Bertz CT molecular complexity index is 1460. The number of aromatic nitrogens is 2. The fraction of sp³-hybridized carbons (Fsp3) is 0.200. The molecule has 8 nitrogen and oxygen atoms in total. The molecule has 4 aromatic rings. The number of sulfonamides is 1. The van der Waals surface area contributed by atoms with E-state index < -0.39 is 10.0 Å². The monoisotopic (exact) mass is 478 g/mol. The first kappa shape index (κ1) is 23.3. The maximum absolute atomic E-state index is 13.1. The van der Waals surface area contributed by atoms with E-state index in [9.17, 15) is 13.2 Å². The van der Waals surface area contributed by atoms with Gasteiger partial charge in [0.2, 0.25) is 5.91 Å². The zero-order valence-corrected chi connectivity index (χ0v) is 20.0. The van der Waals surface area contributed by atoms with Gasteiger partial charge in [-0.05, 0) is 47.9 Å². The van der Waals surface area contributed by atoms with Gasteiger partial charge in [0.05, 0.1) is 29.5 Å². The molecular weight excluding hydrogens is 452 g/mol. The van der Waals surface area contributed by atoms with Gasteiger partial charge < -0.3 is 10.1 Å². The highest BCUT2D eigenvalue weighted by Crippen LogP contribution is 2.33. The zero-order valence-electron chi connectivity index (χ0n) is 19.2. The van der Waals surface area contributed by atoms with E-state index in [0.29, 0.717) is 24.2 Å². The molecule has 1 heterocycles. The van der Waals surface area contributed by atoms with Crippen LogP contribution >= 0.6 is 0 Å². The summed E-state index contributed by atoms with van der Waals surface area (Å²) in [5.74, 6) is 0.620. The van der Waals surface area contributed by atoms with E-state index >= 15 is 0 Å². The molecule has 34 heavy (non-hydrogen) atoms. The quantitative estimate of drug-likeness (QED) is 0.401. The molecule has 0 saturated carbocycles. The Morgan fingerprint density at radius 1 is 1.03 bits per heavy atom. The van der Waals surface area contributed by atoms with E-state index in [4.69, 9.17) is 4.74 Å². The van der Waals surface area contributed by atoms with Crippen LogP contribution in [0.15, 0.2) is 71.6 Å². The number of methoxy groups -OCH3 is 1. The topological polar surface area (TPSA) is 102 Å². The van der Waals surface area contributed by atoms with Gasteiger partial charge in [-0.15, -0.1) is 0 Å². The predicted molar refractivity (Wildman–Crippen MR) is 131 cm³/mol. The summed E-state index contributed by atoms with van der Waals surface area (Å²) in [6.45, 7) is 4.15. The number of ether oxygens (including phenoxy) is 1. The minimum atomic E-state index is -3.86. The molecule has 3 aromatic carbocycles. The summed E-state index contributed by atoms with van der Waals surface area (Å²) in [4.78, 5) is 11.4. The average molecular weight is 479 g/mol. The Labute approximate surface area is 198 Å². The molecule has 4 rings (SSSR count). The SMILES string of the molecule is COc1cccc2c1c(NS(=O)(=O)c1cccc(C)c1)nn2Cc1cccc(CNC(C)=O)c1. The van der Waals surface area contributed by atoms with Crippen LogP contribution < -0.4 is 14.8 Å². The van der Waals surface area contributed by atoms with Crippen LogP contribution in [0.25, 0.3) is 10.9 Å². The van der Waals surface area contributed by atoms with Crippen LogP contribution in [0, 0.1) is 6.92 Å². The first-order valence-corrected chi connectivity index (χ1v) is 12.2. The van der Waals surface area contributed by atoms with Gasteiger partial charge in [-0.25, -0.2) is 8.42 Å². The van der Waals surface area contributed by atoms with Crippen molar-refractivity contribution in [2.75, 3.05) is 11.8 Å². The Hall–Kier alpha value is -3.85. The second-order valence-corrected chi connectivity index (χ2v) is 9.69. The van der Waals surface area contributed by atoms with Crippen molar-refractivity contribution in [2.45, 2.75) is 31.8 Å². The first-order chi connectivity index (χ1) is 16.3. The molecule has 176 valence electrons. The highest BCUT2D eigenvalue weighted by molar-refractivity contribution is 7.92. The molecule has 0 saturated heterocycles. The Morgan fingerprint density at radius 2 is 1.76 bits per heavy atom. The number of anilines is 1. The van der Waals surface area contributed by atoms with Crippen molar-refractivity contribution in [1.82, 2.24) is 15.1 Å². The van der Waals surface area contributed by atoms with Crippen LogP contribution in [0.5, 0.6) is 5.75 Å². The number of hydrogen-bond donors (Lipinski definition) is 2. The van der Waals surface area contributed by atoms with Gasteiger partial charge in [0.15, 0.2) is 5.82 Å². The van der Waals surface area contributed by atoms with Crippen LogP contribution in [0.3, 0.4) is 0 Å². The van der Waals surface area contributed by atoms with Gasteiger partial charge in [0.1, 0.15) is 5.75 Å². The van der Waals surface area contributed by atoms with Gasteiger partial charge in [-0.1, -0.05) is 42.5 Å². The summed E-state index contributed by atoms with van der Waals surface area (Å²) >= 11 is 0. The van der Waals surface area contributed by atoms with E-state index in [-0.39, 0.29) is 16.6 Å². The van der Waals surface area contributed by atoms with Gasteiger partial charge in [-0.2, -0.15) is 5.10 Å². The number of nitrogens with one attached hydrogen (secondary N) is 2. The zero-order chi connectivity index (χ0) is 24.3. The first-order valence-electron chi connectivity index (χ1n) is 10.7. The second kappa shape index (κ2) is 9.56. The van der Waals surface area contributed by atoms with E-state index in [1.807, 2.05) is 49.4 Å². The molecule has 0 unspecified atom stereocenters. The molecule has 9 heteroatoms. The third kappa shape index (κ3) is 5.04. The lowest BCUT2D eigenvalue weighted by molar-refractivity contribution is -0.119. The van der Waals surface area contributed by atoms with Crippen molar-refractivity contribution >= 4 is 32.7 Å². The van der Waals surface area contributed by atoms with E-state index in [0.717, 1.165) is 22.2 Å². The molecule has 0 atom stereocenters. The fourth-order valence-electron chi connectivity index (χ4n) is 3.77. The number of carbonyl (C=O) groups excluding carboxylic acids is 1. The molecule has 0 aliphatic heterocycles. The van der Waals surface area contributed by atoms with Crippen LogP contribution in [-0.4, -0.2) is 31.2 Å². The lowest BCUT2D eigenvalue weighted by Gasteiger charge is -2.08. The van der Waals surface area contributed by atoms with E-state index in [1.165, 1.54) is 14.0 Å². The minimum Gasteiger partial charge on any atom is -0.496 e. The Morgan fingerprint density at radius 3 is 2.50 bits per heavy atom. The summed E-state index contributed by atoms with van der Waals surface area (Å²) in [5, 5.41) is 7.98. The molecule has 0 radical (unpaired) electrons. The average Bonchev–Trinajstić information content (AvgIpc) is 3.14. The third-order valence-corrected chi connectivity index (χ3v) is 6.69. The summed E-state index contributed by atoms with van der Waals surface area (Å²) < 4.78 is 36.1. The van der Waals surface area contributed by atoms with Gasteiger partial charge in [-0.3, -0.25) is 14.2 Å². The molecule has 0 fully saturated rings. The van der Waals surface area contributed by atoms with Gasteiger partial charge >= 0.3 is 0 Å². The van der Waals surface area contributed by atoms with Crippen molar-refractivity contribution in [3.63, 3.8) is 0 Å². The molecule has 0 bridgehead atoms. The highest BCUT2D eigenvalue weighted by atomic mass is 32.2. The largest absolute Gasteiger partial charge is 0.496 e. The maximum atomic E-state index is 13.1. The summed E-state index contributed by atoms with van der Waals surface area (Å²) in [6, 6.07) is 20.0. The second-order valence-electron chi connectivity index (χ2n) is 8.01. The standard InChI is InChI=1S/C25H26N4O4S/c1-17-7-4-10-21(13-17)34(31,32)28-25-24-22(11-6-12-23(24)33-3)29(27-25)16-20-9-5-8-19(14-20)15-26-18(2)30/h4-14H,15-16H2,1-3H3,(H,26,30)(H,27,28). The summed E-state index contributed by atoms with van der Waals surface area (Å²) in [5.41, 5.74) is 3.49. The third-order valence-electron chi connectivity index (χ3n) is 5.36. The van der Waals surface area contributed by atoms with Crippen LogP contribution in [-0.2, 0) is 27.9 Å². The Balaban J connectivity index is 1.73. The lowest BCUT2D eigenvalue weighted by atomic mass is 10.1. The highest BCUT2D eigenvalue weighted by Gasteiger charge is 2.21. The molecule has 1 aromatic heterocycles. The van der Waals surface area contributed by atoms with Gasteiger partial charge in [0.25, 0.3) is 10.0 Å². The predicted octanol–water partition coefficient (Wildman–Crippen LogP) is 3.84. The maximum Gasteiger partial charge on any atom is 0.263 e. The normalized spacial score (nSPS) is 11.4. The number of carbonyl (C=O) groups is 1. The van der Waals surface area contributed by atoms with Crippen molar-refractivity contribution in [3.8, 4) is 5.75 Å². The van der Waals surface area contributed by atoms with Crippen molar-refractivity contribution in [1.29, 1.82) is 0 Å². The molecule has 0 aliphatic rings. The Kier molecular flexibility index (Phi) is 6.56. The molecule has 1 amide bonds. The fourth-order valence-corrected chi connectivity index (χ4v) is 4.88. The van der Waals surface area contributed by atoms with Crippen molar-refractivity contribution in [2.24, 2.45) is 0 Å².